The van der Waals surface area contributed by atoms with Crippen LogP contribution in [0, 0.1) is 5.41 Å². The summed E-state index contributed by atoms with van der Waals surface area (Å²) in [6.45, 7) is 21.9. The highest BCUT2D eigenvalue weighted by molar-refractivity contribution is 5.98. The average Bonchev–Trinajstić information content (AvgIpc) is 2.28. The summed E-state index contributed by atoms with van der Waals surface area (Å²) in [7, 11) is 0. The van der Waals surface area contributed by atoms with Crippen molar-refractivity contribution in [3.8, 4) is 0 Å². The molecule has 0 aliphatic heterocycles. The van der Waals surface area contributed by atoms with Gasteiger partial charge in [-0.15, -0.1) is 0 Å². The largest absolute Gasteiger partial charge is 0.299 e. The maximum absolute atomic E-state index is 4.39. The van der Waals surface area contributed by atoms with Gasteiger partial charge in [-0.05, 0) is 12.6 Å². The van der Waals surface area contributed by atoms with Crippen LogP contribution in [0.2, 0.25) is 0 Å². The maximum atomic E-state index is 4.39. The highest BCUT2D eigenvalue weighted by atomic mass is 15.0. The molecule has 0 aromatic heterocycles. The van der Waals surface area contributed by atoms with Gasteiger partial charge in [-0.25, -0.2) is 0 Å². The molecule has 0 amide bonds. The second-order valence-corrected chi connectivity index (χ2v) is 3.76. The summed E-state index contributed by atoms with van der Waals surface area (Å²) in [5.41, 5.74) is 1.17. The number of hydrogen-bond acceptors (Lipinski definition) is 2. The molecule has 0 aromatic carbocycles. The summed E-state index contributed by atoms with van der Waals surface area (Å²) in [6.07, 6.45) is 1.83. The molecule has 0 bridgehead atoms. The van der Waals surface area contributed by atoms with E-state index < -0.39 is 0 Å². The van der Waals surface area contributed by atoms with Crippen LogP contribution < -0.4 is 5.32 Å². The Morgan fingerprint density at radius 3 is 1.88 bits per heavy atom. The number of aliphatic imine (C=N–C) groups is 1. The lowest BCUT2D eigenvalue weighted by Crippen LogP contribution is -2.21. The van der Waals surface area contributed by atoms with Crippen LogP contribution >= 0.6 is 0 Å². The first-order chi connectivity index (χ1) is 7.52. The van der Waals surface area contributed by atoms with E-state index in [9.17, 15) is 0 Å². The fourth-order valence-corrected chi connectivity index (χ4v) is 0.861. The molecule has 0 saturated heterocycles. The molecule has 2 nitrogen and oxygen atoms in total. The molecule has 0 atom stereocenters. The van der Waals surface area contributed by atoms with Crippen molar-refractivity contribution >= 4 is 5.71 Å². The summed E-state index contributed by atoms with van der Waals surface area (Å²) in [5, 5.41) is 3.15. The van der Waals surface area contributed by atoms with Gasteiger partial charge in [0.15, 0.2) is 0 Å². The van der Waals surface area contributed by atoms with E-state index in [4.69, 9.17) is 0 Å². The Hall–Kier alpha value is -0.630. The van der Waals surface area contributed by atoms with E-state index in [-0.39, 0.29) is 5.41 Å². The average molecular weight is 228 g/mol. The summed E-state index contributed by atoms with van der Waals surface area (Å²) >= 11 is 0. The van der Waals surface area contributed by atoms with Crippen molar-refractivity contribution in [2.75, 3.05) is 13.2 Å². The fraction of sp³-hybridized carbons (Fsp3) is 0.786. The predicted octanol–water partition coefficient (Wildman–Crippen LogP) is 4.28. The predicted molar refractivity (Wildman–Crippen MR) is 78.3 cm³/mol. The van der Waals surface area contributed by atoms with E-state index in [1.54, 1.807) is 0 Å². The third-order valence-corrected chi connectivity index (χ3v) is 1.57. The zero-order valence-electron chi connectivity index (χ0n) is 12.6. The molecule has 0 aliphatic rings. The van der Waals surface area contributed by atoms with E-state index in [2.05, 4.69) is 44.6 Å². The molecule has 1 N–H and O–H groups in total. The Kier molecular flexibility index (Phi) is 18.6. The lowest BCUT2D eigenvalue weighted by Gasteiger charge is -2.18. The Morgan fingerprint density at radius 1 is 1.19 bits per heavy atom. The molecule has 0 rings (SSSR count). The first-order valence-corrected chi connectivity index (χ1v) is 6.40. The highest BCUT2D eigenvalue weighted by Gasteiger charge is 2.14. The van der Waals surface area contributed by atoms with Crippen molar-refractivity contribution in [1.29, 1.82) is 0 Å². The molecule has 0 fully saturated rings. The van der Waals surface area contributed by atoms with Gasteiger partial charge >= 0.3 is 0 Å². The molecule has 0 saturated carbocycles. The van der Waals surface area contributed by atoms with Gasteiger partial charge in [0.2, 0.25) is 0 Å². The molecule has 0 aromatic rings. The third kappa shape index (κ3) is 13.4. The molecule has 16 heavy (non-hydrogen) atoms. The normalized spacial score (nSPS) is 10.6. The van der Waals surface area contributed by atoms with Gasteiger partial charge in [0, 0.05) is 11.1 Å². The summed E-state index contributed by atoms with van der Waals surface area (Å²) in [6, 6.07) is 0. The highest BCUT2D eigenvalue weighted by Crippen LogP contribution is 2.16. The van der Waals surface area contributed by atoms with E-state index >= 15 is 0 Å². The SMILES string of the molecule is C=C/C(=N\CNCC)C(C)(C)C.CC.CC. The van der Waals surface area contributed by atoms with Gasteiger partial charge in [-0.2, -0.15) is 0 Å². The quantitative estimate of drug-likeness (QED) is 0.564. The number of rotatable bonds is 4. The number of nitrogens with one attached hydrogen (secondary N) is 1. The number of nitrogens with zero attached hydrogens (tertiary/aromatic N) is 1. The topological polar surface area (TPSA) is 24.4 Å². The minimum Gasteiger partial charge on any atom is -0.299 e. The van der Waals surface area contributed by atoms with Crippen molar-refractivity contribution in [2.45, 2.75) is 55.4 Å². The van der Waals surface area contributed by atoms with E-state index in [0.717, 1.165) is 12.3 Å². The first-order valence-electron chi connectivity index (χ1n) is 6.40. The van der Waals surface area contributed by atoms with Crippen LogP contribution in [0.25, 0.3) is 0 Å². The zero-order valence-corrected chi connectivity index (χ0v) is 12.6. The Bertz CT molecular complexity index is 164. The smallest absolute Gasteiger partial charge is 0.0887 e. The van der Waals surface area contributed by atoms with Gasteiger partial charge < -0.3 is 0 Å². The van der Waals surface area contributed by atoms with Crippen molar-refractivity contribution < 1.29 is 0 Å². The fourth-order valence-electron chi connectivity index (χ4n) is 0.861. The van der Waals surface area contributed by atoms with E-state index in [1.807, 2.05) is 33.8 Å². The van der Waals surface area contributed by atoms with Gasteiger partial charge in [0.1, 0.15) is 0 Å². The Morgan fingerprint density at radius 2 is 1.62 bits per heavy atom. The van der Waals surface area contributed by atoms with Crippen LogP contribution in [0.15, 0.2) is 17.6 Å². The number of hydrogen-bond donors (Lipinski definition) is 1. The zero-order chi connectivity index (χ0) is 13.6. The second-order valence-electron chi connectivity index (χ2n) is 3.76. The van der Waals surface area contributed by atoms with Crippen LogP contribution in [0.4, 0.5) is 0 Å². The maximum Gasteiger partial charge on any atom is 0.0887 e. The monoisotopic (exact) mass is 228 g/mol. The molecular weight excluding hydrogens is 196 g/mol. The third-order valence-electron chi connectivity index (χ3n) is 1.57. The Balaban J connectivity index is -0.000000376. The van der Waals surface area contributed by atoms with Crippen LogP contribution in [0.1, 0.15) is 55.4 Å². The van der Waals surface area contributed by atoms with Crippen molar-refractivity contribution in [1.82, 2.24) is 5.32 Å². The summed E-state index contributed by atoms with van der Waals surface area (Å²) < 4.78 is 0. The molecule has 0 unspecified atom stereocenters. The van der Waals surface area contributed by atoms with Gasteiger partial charge in [-0.3, -0.25) is 10.3 Å². The van der Waals surface area contributed by atoms with Crippen molar-refractivity contribution in [3.63, 3.8) is 0 Å². The number of allylic oxidation sites excluding steroid dienone is 1. The standard InChI is InChI=1S/C10H20N2.2C2H6/c1-6-9(10(3,4)5)12-8-11-7-2;2*1-2/h6,11H,1,7-8H2,2-5H3;2*1-2H3/b12-9+;;. The van der Waals surface area contributed by atoms with Crippen LogP contribution in [-0.2, 0) is 0 Å². The lowest BCUT2D eigenvalue weighted by molar-refractivity contribution is 0.587. The molecule has 0 spiro atoms. The molecule has 2 heteroatoms. The molecular formula is C14H32N2. The first kappa shape index (κ1) is 20.7. The molecule has 0 radical (unpaired) electrons. The van der Waals surface area contributed by atoms with Crippen molar-refractivity contribution in [3.05, 3.63) is 12.7 Å². The van der Waals surface area contributed by atoms with Crippen LogP contribution in [-0.4, -0.2) is 18.9 Å². The van der Waals surface area contributed by atoms with Crippen LogP contribution in [0.3, 0.4) is 0 Å². The minimum atomic E-state index is 0.108. The lowest BCUT2D eigenvalue weighted by atomic mass is 9.90. The van der Waals surface area contributed by atoms with Gasteiger partial charge in [0.25, 0.3) is 0 Å². The second kappa shape index (κ2) is 14.4. The minimum absolute atomic E-state index is 0.108. The summed E-state index contributed by atoms with van der Waals surface area (Å²) in [4.78, 5) is 4.39. The molecule has 0 heterocycles. The Labute approximate surface area is 103 Å². The van der Waals surface area contributed by atoms with Gasteiger partial charge in [-0.1, -0.05) is 62.0 Å². The summed E-state index contributed by atoms with van der Waals surface area (Å²) in [5.74, 6) is 0. The molecule has 98 valence electrons. The van der Waals surface area contributed by atoms with Crippen molar-refractivity contribution in [2.24, 2.45) is 10.4 Å². The van der Waals surface area contributed by atoms with Crippen LogP contribution in [0.5, 0.6) is 0 Å². The van der Waals surface area contributed by atoms with E-state index in [1.165, 1.54) is 0 Å². The van der Waals surface area contributed by atoms with Gasteiger partial charge in [0.05, 0.1) is 6.67 Å². The molecule has 0 aliphatic carbocycles. The van der Waals surface area contributed by atoms with E-state index in [0.29, 0.717) is 6.67 Å².